The molecule has 5 heteroatoms. The molecule has 0 bridgehead atoms. The second-order valence-corrected chi connectivity index (χ2v) is 9.20. The third kappa shape index (κ3) is 4.42. The van der Waals surface area contributed by atoms with Crippen LogP contribution in [-0.4, -0.2) is 42.0 Å². The van der Waals surface area contributed by atoms with E-state index in [2.05, 4.69) is 44.2 Å². The molecule has 0 unspecified atom stereocenters. The van der Waals surface area contributed by atoms with Crippen LogP contribution in [0.2, 0.25) is 0 Å². The van der Waals surface area contributed by atoms with E-state index in [9.17, 15) is 4.79 Å². The Hall–Kier alpha value is -2.24. The Kier molecular flexibility index (Phi) is 5.74. The van der Waals surface area contributed by atoms with Crippen molar-refractivity contribution in [3.05, 3.63) is 64.7 Å². The summed E-state index contributed by atoms with van der Waals surface area (Å²) in [7, 11) is 0. The van der Waals surface area contributed by atoms with Gasteiger partial charge in [0.05, 0.1) is 36.4 Å². The molecular formula is C23H28N3OS+. The van der Waals surface area contributed by atoms with Crippen LogP contribution < -0.4 is 4.90 Å². The Morgan fingerprint density at radius 3 is 2.50 bits per heavy atom. The van der Waals surface area contributed by atoms with E-state index in [4.69, 9.17) is 4.98 Å². The molecule has 1 saturated heterocycles. The summed E-state index contributed by atoms with van der Waals surface area (Å²) in [5, 5.41) is 1.19. The number of amides is 1. The molecule has 1 aliphatic heterocycles. The number of benzene rings is 2. The molecular weight excluding hydrogens is 366 g/mol. The van der Waals surface area contributed by atoms with Gasteiger partial charge in [0.2, 0.25) is 0 Å². The van der Waals surface area contributed by atoms with Gasteiger partial charge in [0.1, 0.15) is 11.6 Å². The minimum atomic E-state index is 0.162. The first-order valence-corrected chi connectivity index (χ1v) is 11.0. The number of fused-ring (bicyclic) bond motifs is 1. The number of rotatable bonds is 5. The number of nitrogens with one attached hydrogen (secondary N) is 1. The molecule has 1 amide bonds. The zero-order valence-corrected chi connectivity index (χ0v) is 17.5. The van der Waals surface area contributed by atoms with Crippen molar-refractivity contribution in [2.75, 3.05) is 26.2 Å². The lowest BCUT2D eigenvalue weighted by molar-refractivity contribution is -0.917. The number of carbonyl (C=O) groups is 1. The van der Waals surface area contributed by atoms with Crippen molar-refractivity contribution in [3.63, 3.8) is 0 Å². The van der Waals surface area contributed by atoms with E-state index in [0.29, 0.717) is 5.92 Å². The number of piperazine rings is 1. The van der Waals surface area contributed by atoms with Gasteiger partial charge in [0.15, 0.2) is 0 Å². The molecule has 1 N–H and O–H groups in total. The molecule has 4 rings (SSSR count). The first-order valence-electron chi connectivity index (χ1n) is 10.1. The molecule has 0 aliphatic carbocycles. The molecule has 1 aliphatic rings. The first kappa shape index (κ1) is 19.1. The molecule has 1 aromatic heterocycles. The molecule has 146 valence electrons. The Morgan fingerprint density at radius 2 is 1.82 bits per heavy atom. The second-order valence-electron chi connectivity index (χ2n) is 8.09. The number of carbonyl (C=O) groups excluding carboxylic acids is 1. The lowest BCUT2D eigenvalue weighted by Crippen LogP contribution is -3.13. The predicted octanol–water partition coefficient (Wildman–Crippen LogP) is 3.04. The van der Waals surface area contributed by atoms with Gasteiger partial charge in [-0.05, 0) is 42.2 Å². The molecule has 0 radical (unpaired) electrons. The van der Waals surface area contributed by atoms with E-state index in [-0.39, 0.29) is 5.91 Å². The highest BCUT2D eigenvalue weighted by Gasteiger charge is 2.25. The number of aromatic nitrogens is 1. The topological polar surface area (TPSA) is 37.6 Å². The van der Waals surface area contributed by atoms with Crippen molar-refractivity contribution in [2.45, 2.75) is 26.8 Å². The van der Waals surface area contributed by atoms with Crippen LogP contribution in [0.4, 0.5) is 0 Å². The number of thiazole rings is 1. The Bertz CT molecular complexity index is 907. The Balaban J connectivity index is 1.32. The normalized spacial score (nSPS) is 15.5. The molecule has 2 heterocycles. The van der Waals surface area contributed by atoms with Crippen molar-refractivity contribution in [3.8, 4) is 0 Å². The Labute approximate surface area is 170 Å². The molecule has 0 saturated carbocycles. The average molecular weight is 395 g/mol. The zero-order chi connectivity index (χ0) is 19.5. The van der Waals surface area contributed by atoms with Crippen molar-refractivity contribution in [1.82, 2.24) is 9.88 Å². The average Bonchev–Trinajstić information content (AvgIpc) is 3.10. The summed E-state index contributed by atoms with van der Waals surface area (Å²) in [6.45, 7) is 8.97. The SMILES string of the molecule is CC(C)Cc1ccc(C(=O)N2CC[NH+](Cc3nc4ccccc4s3)CC2)cc1. The number of quaternary nitrogens is 1. The van der Waals surface area contributed by atoms with E-state index in [1.54, 1.807) is 11.3 Å². The summed E-state index contributed by atoms with van der Waals surface area (Å²) < 4.78 is 1.26. The standard InChI is InChI=1S/C23H27N3OS/c1-17(2)15-18-7-9-19(10-8-18)23(27)26-13-11-25(12-14-26)16-22-24-20-5-3-4-6-21(20)28-22/h3-10,17H,11-16H2,1-2H3/p+1. The molecule has 3 aromatic rings. The number of hydrogen-bond acceptors (Lipinski definition) is 3. The van der Waals surface area contributed by atoms with Crippen LogP contribution in [0.25, 0.3) is 10.2 Å². The van der Waals surface area contributed by atoms with Gasteiger partial charge in [0.25, 0.3) is 5.91 Å². The van der Waals surface area contributed by atoms with Crippen LogP contribution in [0.15, 0.2) is 48.5 Å². The first-order chi connectivity index (χ1) is 13.6. The van der Waals surface area contributed by atoms with E-state index in [1.165, 1.54) is 20.2 Å². The maximum atomic E-state index is 12.8. The van der Waals surface area contributed by atoms with Crippen LogP contribution in [0, 0.1) is 5.92 Å². The van der Waals surface area contributed by atoms with Gasteiger partial charge in [-0.25, -0.2) is 4.98 Å². The fraction of sp³-hybridized carbons (Fsp3) is 0.391. The summed E-state index contributed by atoms with van der Waals surface area (Å²) in [6, 6.07) is 16.5. The highest BCUT2D eigenvalue weighted by atomic mass is 32.1. The van der Waals surface area contributed by atoms with Gasteiger partial charge in [-0.2, -0.15) is 0 Å². The summed E-state index contributed by atoms with van der Waals surface area (Å²) in [6.07, 6.45) is 1.06. The van der Waals surface area contributed by atoms with Gasteiger partial charge in [-0.1, -0.05) is 38.1 Å². The summed E-state index contributed by atoms with van der Waals surface area (Å²) in [5.41, 5.74) is 3.20. The number of hydrogen-bond donors (Lipinski definition) is 1. The third-order valence-electron chi connectivity index (χ3n) is 5.34. The fourth-order valence-corrected chi connectivity index (χ4v) is 4.89. The van der Waals surface area contributed by atoms with E-state index in [0.717, 1.165) is 50.2 Å². The van der Waals surface area contributed by atoms with Crippen molar-refractivity contribution < 1.29 is 9.69 Å². The predicted molar refractivity (Wildman–Crippen MR) is 115 cm³/mol. The monoisotopic (exact) mass is 394 g/mol. The van der Waals surface area contributed by atoms with Crippen molar-refractivity contribution in [1.29, 1.82) is 0 Å². The highest BCUT2D eigenvalue weighted by Crippen LogP contribution is 2.20. The molecule has 28 heavy (non-hydrogen) atoms. The van der Waals surface area contributed by atoms with E-state index < -0.39 is 0 Å². The van der Waals surface area contributed by atoms with Gasteiger partial charge < -0.3 is 9.80 Å². The lowest BCUT2D eigenvalue weighted by atomic mass is 10.0. The van der Waals surface area contributed by atoms with E-state index in [1.807, 2.05) is 23.1 Å². The van der Waals surface area contributed by atoms with Crippen molar-refractivity contribution >= 4 is 27.5 Å². The quantitative estimate of drug-likeness (QED) is 0.722. The minimum Gasteiger partial charge on any atom is -0.327 e. The van der Waals surface area contributed by atoms with E-state index >= 15 is 0 Å². The van der Waals surface area contributed by atoms with Crippen LogP contribution in [0.3, 0.4) is 0 Å². The summed E-state index contributed by atoms with van der Waals surface area (Å²) >= 11 is 1.79. The maximum Gasteiger partial charge on any atom is 0.254 e. The third-order valence-corrected chi connectivity index (χ3v) is 6.38. The summed E-state index contributed by atoms with van der Waals surface area (Å²) in [4.78, 5) is 21.1. The van der Waals surface area contributed by atoms with Crippen LogP contribution >= 0.6 is 11.3 Å². The molecule has 4 nitrogen and oxygen atoms in total. The number of para-hydroxylation sites is 1. The minimum absolute atomic E-state index is 0.162. The van der Waals surface area contributed by atoms with Crippen LogP contribution in [0.1, 0.15) is 34.8 Å². The maximum absolute atomic E-state index is 12.8. The molecule has 1 fully saturated rings. The van der Waals surface area contributed by atoms with Gasteiger partial charge in [-0.15, -0.1) is 11.3 Å². The van der Waals surface area contributed by atoms with Gasteiger partial charge in [-0.3, -0.25) is 4.79 Å². The van der Waals surface area contributed by atoms with Gasteiger partial charge in [0, 0.05) is 5.56 Å². The summed E-state index contributed by atoms with van der Waals surface area (Å²) in [5.74, 6) is 0.795. The molecule has 2 aromatic carbocycles. The van der Waals surface area contributed by atoms with Crippen molar-refractivity contribution in [2.24, 2.45) is 5.92 Å². The fourth-order valence-electron chi connectivity index (χ4n) is 3.85. The lowest BCUT2D eigenvalue weighted by Gasteiger charge is -2.32. The van der Waals surface area contributed by atoms with Crippen LogP contribution in [-0.2, 0) is 13.0 Å². The second kappa shape index (κ2) is 8.41. The molecule has 0 atom stereocenters. The Morgan fingerprint density at radius 1 is 1.11 bits per heavy atom. The smallest absolute Gasteiger partial charge is 0.254 e. The number of nitrogens with zero attached hydrogens (tertiary/aromatic N) is 2. The molecule has 0 spiro atoms. The van der Waals surface area contributed by atoms with Crippen LogP contribution in [0.5, 0.6) is 0 Å². The highest BCUT2D eigenvalue weighted by molar-refractivity contribution is 7.18. The zero-order valence-electron chi connectivity index (χ0n) is 16.6. The largest absolute Gasteiger partial charge is 0.327 e. The van der Waals surface area contributed by atoms with Gasteiger partial charge >= 0.3 is 0 Å².